The molecule has 1 saturated carbocycles. The third kappa shape index (κ3) is 3.20. The summed E-state index contributed by atoms with van der Waals surface area (Å²) >= 11 is 6.18. The number of allylic oxidation sites excluding steroid dienone is 2. The van der Waals surface area contributed by atoms with Crippen LogP contribution in [0, 0.1) is 23.7 Å². The van der Waals surface area contributed by atoms with E-state index in [0.29, 0.717) is 10.7 Å². The minimum absolute atomic E-state index is 0.140. The number of anilines is 2. The largest absolute Gasteiger partial charge is 0.367 e. The number of carbonyl (C=O) groups excluding carboxylic acids is 3. The van der Waals surface area contributed by atoms with Gasteiger partial charge in [0.05, 0.1) is 23.2 Å². The van der Waals surface area contributed by atoms with Gasteiger partial charge in [-0.25, -0.2) is 0 Å². The minimum atomic E-state index is -0.380. The zero-order valence-corrected chi connectivity index (χ0v) is 17.6. The summed E-state index contributed by atoms with van der Waals surface area (Å²) in [4.78, 5) is 44.1. The van der Waals surface area contributed by atoms with Crippen molar-refractivity contribution in [3.63, 3.8) is 0 Å². The van der Waals surface area contributed by atoms with Gasteiger partial charge in [-0.05, 0) is 43.5 Å². The second-order valence-electron chi connectivity index (χ2n) is 8.76. The Morgan fingerprint density at radius 3 is 2.33 bits per heavy atom. The first-order valence-electron chi connectivity index (χ1n) is 10.5. The second kappa shape index (κ2) is 7.39. The van der Waals surface area contributed by atoms with Gasteiger partial charge in [-0.2, -0.15) is 0 Å². The van der Waals surface area contributed by atoms with Crippen LogP contribution < -0.4 is 10.2 Å². The monoisotopic (exact) mass is 428 g/mol. The summed E-state index contributed by atoms with van der Waals surface area (Å²) in [6, 6.07) is 5.44. The average Bonchev–Trinajstić information content (AvgIpc) is 3.39. The molecule has 5 rings (SSSR count). The van der Waals surface area contributed by atoms with Gasteiger partial charge in [0.2, 0.25) is 17.7 Å². The maximum atomic E-state index is 12.8. The van der Waals surface area contributed by atoms with Gasteiger partial charge < -0.3 is 15.1 Å². The highest BCUT2D eigenvalue weighted by Crippen LogP contribution is 2.52. The fraction of sp³-hybridized carbons (Fsp3) is 0.500. The molecule has 2 aliphatic heterocycles. The van der Waals surface area contributed by atoms with Gasteiger partial charge >= 0.3 is 0 Å². The van der Waals surface area contributed by atoms with Crippen molar-refractivity contribution in [1.82, 2.24) is 9.80 Å². The molecule has 8 heteroatoms. The average molecular weight is 429 g/mol. The Morgan fingerprint density at radius 1 is 1.07 bits per heavy atom. The van der Waals surface area contributed by atoms with E-state index >= 15 is 0 Å². The molecule has 0 spiro atoms. The molecule has 3 fully saturated rings. The highest BCUT2D eigenvalue weighted by atomic mass is 35.5. The Hall–Kier alpha value is -2.38. The van der Waals surface area contributed by atoms with Crippen molar-refractivity contribution in [3.8, 4) is 0 Å². The van der Waals surface area contributed by atoms with Crippen LogP contribution in [0.25, 0.3) is 0 Å². The molecule has 1 N–H and O–H groups in total. The van der Waals surface area contributed by atoms with E-state index < -0.39 is 0 Å². The lowest BCUT2D eigenvalue weighted by Gasteiger charge is -2.35. The molecule has 4 aliphatic rings. The third-order valence-electron chi connectivity index (χ3n) is 6.94. The number of nitrogens with zero attached hydrogens (tertiary/aromatic N) is 3. The van der Waals surface area contributed by atoms with Crippen LogP contribution in [0.2, 0.25) is 5.02 Å². The van der Waals surface area contributed by atoms with E-state index in [4.69, 9.17) is 11.6 Å². The first-order chi connectivity index (χ1) is 14.4. The second-order valence-corrected chi connectivity index (χ2v) is 9.20. The summed E-state index contributed by atoms with van der Waals surface area (Å²) in [6.07, 6.45) is 4.98. The predicted octanol–water partition coefficient (Wildman–Crippen LogP) is 1.84. The number of piperazine rings is 1. The number of rotatable bonds is 4. The van der Waals surface area contributed by atoms with Crippen LogP contribution in [0.15, 0.2) is 30.4 Å². The standard InChI is InChI=1S/C22H25ClN4O3/c1-25-6-8-26(9-7-25)17-5-4-15(23)11-16(17)24-18(28)12-27-21(29)19-13-2-3-14(10-13)20(19)22(27)30/h2-5,11,13-14,19-20H,6-10,12H2,1H3,(H,24,28)/t13-,14-,19-,20+/m0/s1. The number of likely N-dealkylation sites (tertiary alicyclic amines) is 1. The summed E-state index contributed by atoms with van der Waals surface area (Å²) in [7, 11) is 2.09. The van der Waals surface area contributed by atoms with Gasteiger partial charge in [-0.15, -0.1) is 0 Å². The molecule has 30 heavy (non-hydrogen) atoms. The molecular formula is C22H25ClN4O3. The van der Waals surface area contributed by atoms with E-state index in [-0.39, 0.29) is 47.9 Å². The van der Waals surface area contributed by atoms with Crippen molar-refractivity contribution >= 4 is 40.7 Å². The van der Waals surface area contributed by atoms with Crippen LogP contribution in [0.1, 0.15) is 6.42 Å². The van der Waals surface area contributed by atoms with Crippen molar-refractivity contribution in [1.29, 1.82) is 0 Å². The van der Waals surface area contributed by atoms with Crippen molar-refractivity contribution in [2.24, 2.45) is 23.7 Å². The smallest absolute Gasteiger partial charge is 0.244 e. The molecular weight excluding hydrogens is 404 g/mol. The van der Waals surface area contributed by atoms with E-state index in [0.717, 1.165) is 43.2 Å². The molecule has 1 aromatic carbocycles. The zero-order chi connectivity index (χ0) is 21.0. The quantitative estimate of drug-likeness (QED) is 0.585. The van der Waals surface area contributed by atoms with Crippen LogP contribution in [0.4, 0.5) is 11.4 Å². The molecule has 0 aromatic heterocycles. The maximum Gasteiger partial charge on any atom is 0.244 e. The fourth-order valence-corrected chi connectivity index (χ4v) is 5.56. The van der Waals surface area contributed by atoms with E-state index in [1.807, 2.05) is 12.1 Å². The van der Waals surface area contributed by atoms with E-state index in [2.05, 4.69) is 34.3 Å². The number of carbonyl (C=O) groups is 3. The maximum absolute atomic E-state index is 12.8. The minimum Gasteiger partial charge on any atom is -0.367 e. The number of hydrogen-bond acceptors (Lipinski definition) is 5. The molecule has 2 bridgehead atoms. The summed E-state index contributed by atoms with van der Waals surface area (Å²) in [5, 5.41) is 3.41. The van der Waals surface area contributed by atoms with Crippen LogP contribution in [0.5, 0.6) is 0 Å². The van der Waals surface area contributed by atoms with Crippen molar-refractivity contribution < 1.29 is 14.4 Å². The molecule has 2 aliphatic carbocycles. The molecule has 158 valence electrons. The fourth-order valence-electron chi connectivity index (χ4n) is 5.38. The molecule has 7 nitrogen and oxygen atoms in total. The summed E-state index contributed by atoms with van der Waals surface area (Å²) in [6.45, 7) is 3.32. The number of hydrogen-bond donors (Lipinski definition) is 1. The van der Waals surface area contributed by atoms with E-state index in [1.54, 1.807) is 6.07 Å². The molecule has 0 unspecified atom stereocenters. The van der Waals surface area contributed by atoms with Crippen LogP contribution in [0.3, 0.4) is 0 Å². The van der Waals surface area contributed by atoms with Crippen LogP contribution >= 0.6 is 11.6 Å². The number of halogens is 1. The number of benzene rings is 1. The van der Waals surface area contributed by atoms with Gasteiger partial charge in [0.25, 0.3) is 0 Å². The highest BCUT2D eigenvalue weighted by Gasteiger charge is 2.59. The summed E-state index contributed by atoms with van der Waals surface area (Å²) in [5.74, 6) is -1.08. The number of fused-ring (bicyclic) bond motifs is 5. The summed E-state index contributed by atoms with van der Waals surface area (Å²) in [5.41, 5.74) is 1.51. The summed E-state index contributed by atoms with van der Waals surface area (Å²) < 4.78 is 0. The van der Waals surface area contributed by atoms with Crippen molar-refractivity contribution in [2.75, 3.05) is 50.0 Å². The lowest BCUT2D eigenvalue weighted by atomic mass is 9.85. The SMILES string of the molecule is CN1CCN(c2ccc(Cl)cc2NC(=O)CN2C(=O)[C@@H]3[C@H](C2=O)[C@H]2C=C[C@H]3C2)CC1. The molecule has 4 atom stereocenters. The molecule has 2 heterocycles. The first-order valence-corrected chi connectivity index (χ1v) is 10.9. The molecule has 2 saturated heterocycles. The first kappa shape index (κ1) is 19.6. The van der Waals surface area contributed by atoms with Gasteiger partial charge in [0.1, 0.15) is 6.54 Å². The van der Waals surface area contributed by atoms with E-state index in [9.17, 15) is 14.4 Å². The predicted molar refractivity (Wildman–Crippen MR) is 114 cm³/mol. The van der Waals surface area contributed by atoms with Crippen molar-refractivity contribution in [3.05, 3.63) is 35.4 Å². The number of nitrogens with one attached hydrogen (secondary N) is 1. The lowest BCUT2D eigenvalue weighted by molar-refractivity contribution is -0.143. The number of amides is 3. The Kier molecular flexibility index (Phi) is 4.82. The number of imide groups is 1. The van der Waals surface area contributed by atoms with Gasteiger partial charge in [0, 0.05) is 31.2 Å². The van der Waals surface area contributed by atoms with Gasteiger partial charge in [-0.3, -0.25) is 19.3 Å². The zero-order valence-electron chi connectivity index (χ0n) is 16.9. The molecule has 1 aromatic rings. The molecule has 3 amide bonds. The van der Waals surface area contributed by atoms with Gasteiger partial charge in [-0.1, -0.05) is 23.8 Å². The number of likely N-dealkylation sites (N-methyl/N-ethyl adjacent to an activating group) is 1. The highest BCUT2D eigenvalue weighted by molar-refractivity contribution is 6.31. The Balaban J connectivity index is 1.30. The Morgan fingerprint density at radius 2 is 1.70 bits per heavy atom. The third-order valence-corrected chi connectivity index (χ3v) is 7.18. The van der Waals surface area contributed by atoms with Gasteiger partial charge in [0.15, 0.2) is 0 Å². The molecule has 0 radical (unpaired) electrons. The van der Waals surface area contributed by atoms with Crippen LogP contribution in [-0.4, -0.2) is 67.3 Å². The normalized spacial score (nSPS) is 30.3. The Bertz CT molecular complexity index is 910. The topological polar surface area (TPSA) is 73.0 Å². The van der Waals surface area contributed by atoms with E-state index in [1.165, 1.54) is 0 Å². The van der Waals surface area contributed by atoms with Crippen molar-refractivity contribution in [2.45, 2.75) is 6.42 Å². The van der Waals surface area contributed by atoms with Crippen LogP contribution in [-0.2, 0) is 14.4 Å². The Labute approximate surface area is 180 Å². The lowest BCUT2D eigenvalue weighted by Crippen LogP contribution is -2.45.